The molecule has 0 aromatic heterocycles. The Bertz CT molecular complexity index is 540. The molecule has 0 aliphatic rings. The first-order valence-corrected chi connectivity index (χ1v) is 6.03. The molecule has 2 aromatic rings. The predicted molar refractivity (Wildman–Crippen MR) is 73.0 cm³/mol. The zero-order chi connectivity index (χ0) is 13.7. The lowest BCUT2D eigenvalue weighted by Gasteiger charge is -2.10. The largest absolute Gasteiger partial charge is 0.490 e. The van der Waals surface area contributed by atoms with E-state index in [4.69, 9.17) is 15.2 Å². The average Bonchev–Trinajstić information content (AvgIpc) is 2.41. The zero-order valence-corrected chi connectivity index (χ0v) is 10.7. The van der Waals surface area contributed by atoms with E-state index in [-0.39, 0.29) is 18.2 Å². The molecule has 0 unspecified atom stereocenters. The lowest BCUT2D eigenvalue weighted by Crippen LogP contribution is -2.10. The third kappa shape index (κ3) is 3.61. The average molecular weight is 261 g/mol. The summed E-state index contributed by atoms with van der Waals surface area (Å²) in [5, 5.41) is 0. The van der Waals surface area contributed by atoms with Crippen molar-refractivity contribution >= 4 is 5.69 Å². The second-order valence-corrected chi connectivity index (χ2v) is 4.15. The van der Waals surface area contributed by atoms with Crippen LogP contribution in [-0.4, -0.2) is 13.2 Å². The van der Waals surface area contributed by atoms with Gasteiger partial charge >= 0.3 is 0 Å². The highest BCUT2D eigenvalue weighted by molar-refractivity contribution is 5.41. The Labute approximate surface area is 111 Å². The maximum atomic E-state index is 13.6. The van der Waals surface area contributed by atoms with Gasteiger partial charge in [0.05, 0.1) is 0 Å². The smallest absolute Gasteiger partial charge is 0.167 e. The van der Waals surface area contributed by atoms with E-state index in [1.54, 1.807) is 49.4 Å². The fourth-order valence-electron chi connectivity index (χ4n) is 1.61. The summed E-state index contributed by atoms with van der Waals surface area (Å²) in [6.45, 7) is 2.33. The van der Waals surface area contributed by atoms with Gasteiger partial charge in [0.2, 0.25) is 0 Å². The third-order valence-electron chi connectivity index (χ3n) is 2.65. The summed E-state index contributed by atoms with van der Waals surface area (Å²) in [6.07, 6.45) is 0. The number of halogens is 1. The highest BCUT2D eigenvalue weighted by atomic mass is 19.1. The molecule has 0 spiro atoms. The van der Waals surface area contributed by atoms with Crippen LogP contribution in [0.15, 0.2) is 42.5 Å². The van der Waals surface area contributed by atoms with Crippen LogP contribution < -0.4 is 15.2 Å². The van der Waals surface area contributed by atoms with Crippen molar-refractivity contribution in [3.05, 3.63) is 53.8 Å². The Morgan fingerprint density at radius 2 is 1.68 bits per heavy atom. The fraction of sp³-hybridized carbons (Fsp3) is 0.200. The number of hydrogen-bond donors (Lipinski definition) is 1. The van der Waals surface area contributed by atoms with Gasteiger partial charge in [0.15, 0.2) is 11.6 Å². The number of aryl methyl sites for hydroxylation is 1. The molecule has 0 saturated carbocycles. The van der Waals surface area contributed by atoms with E-state index < -0.39 is 0 Å². The third-order valence-corrected chi connectivity index (χ3v) is 2.65. The van der Waals surface area contributed by atoms with Crippen LogP contribution in [0.4, 0.5) is 10.1 Å². The van der Waals surface area contributed by atoms with Crippen LogP contribution in [0.1, 0.15) is 5.56 Å². The van der Waals surface area contributed by atoms with E-state index >= 15 is 0 Å². The number of ether oxygens (including phenoxy) is 2. The Morgan fingerprint density at radius 3 is 2.42 bits per heavy atom. The second kappa shape index (κ2) is 6.09. The summed E-state index contributed by atoms with van der Waals surface area (Å²) in [4.78, 5) is 0. The predicted octanol–water partition coefficient (Wildman–Crippen LogP) is 3.17. The Kier molecular flexibility index (Phi) is 4.23. The summed E-state index contributed by atoms with van der Waals surface area (Å²) in [7, 11) is 0. The fourth-order valence-corrected chi connectivity index (χ4v) is 1.61. The molecule has 0 heterocycles. The van der Waals surface area contributed by atoms with Gasteiger partial charge in [-0.2, -0.15) is 0 Å². The highest BCUT2D eigenvalue weighted by Gasteiger charge is 2.05. The molecule has 4 heteroatoms. The molecule has 0 aliphatic carbocycles. The van der Waals surface area contributed by atoms with Crippen molar-refractivity contribution in [3.63, 3.8) is 0 Å². The maximum Gasteiger partial charge on any atom is 0.167 e. The summed E-state index contributed by atoms with van der Waals surface area (Å²) < 4.78 is 24.4. The molecule has 3 nitrogen and oxygen atoms in total. The first kappa shape index (κ1) is 13.2. The topological polar surface area (TPSA) is 44.5 Å². The van der Waals surface area contributed by atoms with Gasteiger partial charge in [-0.15, -0.1) is 0 Å². The first-order chi connectivity index (χ1) is 9.16. The Balaban J connectivity index is 1.81. The van der Waals surface area contributed by atoms with Gasteiger partial charge in [0.25, 0.3) is 0 Å². The molecule has 2 aromatic carbocycles. The number of anilines is 1. The van der Waals surface area contributed by atoms with Gasteiger partial charge in [0, 0.05) is 5.69 Å². The highest BCUT2D eigenvalue weighted by Crippen LogP contribution is 2.19. The SMILES string of the molecule is Cc1cccc(OCCOc2ccc(N)cc2)c1F. The van der Waals surface area contributed by atoms with Crippen LogP contribution in [0.2, 0.25) is 0 Å². The standard InChI is InChI=1S/C15H16FNO2/c1-11-3-2-4-14(15(11)16)19-10-9-18-13-7-5-12(17)6-8-13/h2-8H,9-10,17H2,1H3. The van der Waals surface area contributed by atoms with Gasteiger partial charge < -0.3 is 15.2 Å². The minimum atomic E-state index is -0.324. The Hall–Kier alpha value is -2.23. The first-order valence-electron chi connectivity index (χ1n) is 6.03. The molecule has 2 rings (SSSR count). The number of benzene rings is 2. The number of nitrogen functional groups attached to an aromatic ring is 1. The van der Waals surface area contributed by atoms with Crippen molar-refractivity contribution < 1.29 is 13.9 Å². The van der Waals surface area contributed by atoms with Crippen LogP contribution in [-0.2, 0) is 0 Å². The molecule has 0 saturated heterocycles. The van der Waals surface area contributed by atoms with E-state index in [1.165, 1.54) is 0 Å². The molecule has 0 bridgehead atoms. The summed E-state index contributed by atoms with van der Waals surface area (Å²) in [6, 6.07) is 12.1. The molecular formula is C15H16FNO2. The van der Waals surface area contributed by atoms with E-state index in [1.807, 2.05) is 0 Å². The van der Waals surface area contributed by atoms with E-state index in [0.29, 0.717) is 23.6 Å². The van der Waals surface area contributed by atoms with Crippen LogP contribution in [0.3, 0.4) is 0 Å². The molecular weight excluding hydrogens is 245 g/mol. The molecule has 0 atom stereocenters. The van der Waals surface area contributed by atoms with Gasteiger partial charge in [-0.05, 0) is 42.8 Å². The molecule has 2 N–H and O–H groups in total. The molecule has 19 heavy (non-hydrogen) atoms. The summed E-state index contributed by atoms with van der Waals surface area (Å²) >= 11 is 0. The van der Waals surface area contributed by atoms with Gasteiger partial charge in [-0.1, -0.05) is 12.1 Å². The van der Waals surface area contributed by atoms with Crippen molar-refractivity contribution in [1.29, 1.82) is 0 Å². The summed E-state index contributed by atoms with van der Waals surface area (Å²) in [5.74, 6) is 0.637. The molecule has 0 aliphatic heterocycles. The van der Waals surface area contributed by atoms with Crippen LogP contribution in [0.25, 0.3) is 0 Å². The lowest BCUT2D eigenvalue weighted by atomic mass is 10.2. The van der Waals surface area contributed by atoms with Crippen molar-refractivity contribution in [1.82, 2.24) is 0 Å². The van der Waals surface area contributed by atoms with E-state index in [2.05, 4.69) is 0 Å². The molecule has 100 valence electrons. The van der Waals surface area contributed by atoms with Crippen LogP contribution in [0.5, 0.6) is 11.5 Å². The van der Waals surface area contributed by atoms with Gasteiger partial charge in [-0.3, -0.25) is 0 Å². The number of rotatable bonds is 5. The quantitative estimate of drug-likeness (QED) is 0.664. The zero-order valence-electron chi connectivity index (χ0n) is 10.7. The van der Waals surface area contributed by atoms with Crippen LogP contribution in [0, 0.1) is 12.7 Å². The molecule has 0 radical (unpaired) electrons. The van der Waals surface area contributed by atoms with Crippen molar-refractivity contribution in [2.75, 3.05) is 18.9 Å². The maximum absolute atomic E-state index is 13.6. The van der Waals surface area contributed by atoms with Crippen molar-refractivity contribution in [2.24, 2.45) is 0 Å². The lowest BCUT2D eigenvalue weighted by molar-refractivity contribution is 0.211. The van der Waals surface area contributed by atoms with Crippen molar-refractivity contribution in [2.45, 2.75) is 6.92 Å². The van der Waals surface area contributed by atoms with Crippen molar-refractivity contribution in [3.8, 4) is 11.5 Å². The second-order valence-electron chi connectivity index (χ2n) is 4.15. The number of nitrogens with two attached hydrogens (primary N) is 1. The van der Waals surface area contributed by atoms with E-state index in [0.717, 1.165) is 0 Å². The van der Waals surface area contributed by atoms with Gasteiger partial charge in [-0.25, -0.2) is 4.39 Å². The minimum Gasteiger partial charge on any atom is -0.490 e. The van der Waals surface area contributed by atoms with Crippen LogP contribution >= 0.6 is 0 Å². The van der Waals surface area contributed by atoms with E-state index in [9.17, 15) is 4.39 Å². The molecule has 0 amide bonds. The minimum absolute atomic E-state index is 0.251. The van der Waals surface area contributed by atoms with Gasteiger partial charge in [0.1, 0.15) is 19.0 Å². The normalized spacial score (nSPS) is 10.2. The Morgan fingerprint density at radius 1 is 1.00 bits per heavy atom. The number of hydrogen-bond acceptors (Lipinski definition) is 3. The monoisotopic (exact) mass is 261 g/mol. The summed E-state index contributed by atoms with van der Waals surface area (Å²) in [5.41, 5.74) is 6.82. The molecule has 0 fully saturated rings.